The van der Waals surface area contributed by atoms with E-state index in [-0.39, 0.29) is 28.9 Å². The molecular weight excluding hydrogens is 436 g/mol. The number of hydrazine groups is 1. The molecule has 3 N–H and O–H groups in total. The fourth-order valence-corrected chi connectivity index (χ4v) is 4.89. The molecule has 176 valence electrons. The average molecular weight is 463 g/mol. The van der Waals surface area contributed by atoms with Gasteiger partial charge in [0, 0.05) is 44.3 Å². The van der Waals surface area contributed by atoms with Crippen molar-refractivity contribution in [2.75, 3.05) is 24.6 Å². The van der Waals surface area contributed by atoms with Crippen LogP contribution in [-0.4, -0.2) is 52.2 Å². The van der Waals surface area contributed by atoms with Crippen molar-refractivity contribution in [3.05, 3.63) is 54.3 Å². The van der Waals surface area contributed by atoms with Gasteiger partial charge in [-0.1, -0.05) is 0 Å². The average Bonchev–Trinajstić information content (AvgIpc) is 3.33. The Morgan fingerprint density at radius 2 is 1.94 bits per heavy atom. The summed E-state index contributed by atoms with van der Waals surface area (Å²) in [5, 5.41) is 4.79. The van der Waals surface area contributed by atoms with E-state index in [1.165, 1.54) is 19.3 Å². The summed E-state index contributed by atoms with van der Waals surface area (Å²) in [5.41, 5.74) is 1.41. The first-order chi connectivity index (χ1) is 16.4. The Labute approximate surface area is 196 Å². The summed E-state index contributed by atoms with van der Waals surface area (Å²) in [7, 11) is 0. The van der Waals surface area contributed by atoms with Crippen LogP contribution in [-0.2, 0) is 4.79 Å². The van der Waals surface area contributed by atoms with Crippen molar-refractivity contribution in [2.45, 2.75) is 26.2 Å². The molecule has 1 atom stereocenters. The van der Waals surface area contributed by atoms with Gasteiger partial charge in [0.05, 0.1) is 23.6 Å². The van der Waals surface area contributed by atoms with Crippen LogP contribution in [0.5, 0.6) is 0 Å². The molecule has 2 fully saturated rings. The van der Waals surface area contributed by atoms with Crippen LogP contribution in [0.25, 0.3) is 11.0 Å². The van der Waals surface area contributed by atoms with Gasteiger partial charge < -0.3 is 14.6 Å². The van der Waals surface area contributed by atoms with Gasteiger partial charge in [0.25, 0.3) is 11.8 Å². The number of hydrogen-bond donors (Lipinski definition) is 2. The summed E-state index contributed by atoms with van der Waals surface area (Å²) in [6, 6.07) is 5.12. The minimum Gasteiger partial charge on any atom is -0.449 e. The normalized spacial score (nSPS) is 18.6. The van der Waals surface area contributed by atoms with Crippen LogP contribution in [0.1, 0.15) is 47.1 Å². The second-order valence-electron chi connectivity index (χ2n) is 9.07. The second kappa shape index (κ2) is 8.53. The number of carbonyl (C=O) groups is 3. The molecule has 10 nitrogen and oxygen atoms in total. The molecule has 1 unspecified atom stereocenters. The van der Waals surface area contributed by atoms with Crippen LogP contribution in [0.3, 0.4) is 0 Å². The summed E-state index contributed by atoms with van der Waals surface area (Å²) in [4.78, 5) is 47.2. The van der Waals surface area contributed by atoms with Gasteiger partial charge in [-0.3, -0.25) is 24.4 Å². The Hall–Kier alpha value is -3.79. The highest BCUT2D eigenvalue weighted by atomic mass is 16.3. The maximum absolute atomic E-state index is 13.1. The molecule has 3 aromatic rings. The molecule has 1 aliphatic heterocycles. The minimum absolute atomic E-state index is 0.155. The number of aromatic nitrogens is 2. The number of piperidine rings is 1. The predicted molar refractivity (Wildman–Crippen MR) is 124 cm³/mol. The highest BCUT2D eigenvalue weighted by molar-refractivity contribution is 6.03. The first kappa shape index (κ1) is 22.0. The highest BCUT2D eigenvalue weighted by Crippen LogP contribution is 2.59. The smallest absolute Gasteiger partial charge is 0.287 e. The van der Waals surface area contributed by atoms with Crippen molar-refractivity contribution in [1.29, 1.82) is 0 Å². The zero-order valence-corrected chi connectivity index (χ0v) is 18.9. The SMILES string of the molecule is CC(=O)N(N)c1cnccc1C(=O)N1CCC2(CC1)CC2CNC(=O)c1cc2ccncc2o1. The molecule has 1 saturated carbocycles. The lowest BCUT2D eigenvalue weighted by Gasteiger charge is -2.33. The van der Waals surface area contributed by atoms with Crippen LogP contribution in [0.4, 0.5) is 5.69 Å². The summed E-state index contributed by atoms with van der Waals surface area (Å²) in [6.45, 7) is 3.15. The maximum Gasteiger partial charge on any atom is 0.287 e. The minimum atomic E-state index is -0.373. The Kier molecular flexibility index (Phi) is 5.52. The summed E-state index contributed by atoms with van der Waals surface area (Å²) in [6.07, 6.45) is 8.98. The Morgan fingerprint density at radius 1 is 1.21 bits per heavy atom. The van der Waals surface area contributed by atoms with Gasteiger partial charge >= 0.3 is 0 Å². The van der Waals surface area contributed by atoms with Gasteiger partial charge in [-0.25, -0.2) is 10.9 Å². The fraction of sp³-hybridized carbons (Fsp3) is 0.375. The number of fused-ring (bicyclic) bond motifs is 1. The largest absolute Gasteiger partial charge is 0.449 e. The molecule has 3 amide bonds. The zero-order valence-electron chi connectivity index (χ0n) is 18.9. The predicted octanol–water partition coefficient (Wildman–Crippen LogP) is 2.12. The summed E-state index contributed by atoms with van der Waals surface area (Å²) < 4.78 is 5.59. The molecule has 0 aromatic carbocycles. The van der Waals surface area contributed by atoms with E-state index in [0.717, 1.165) is 29.7 Å². The van der Waals surface area contributed by atoms with Gasteiger partial charge in [0.15, 0.2) is 11.3 Å². The Morgan fingerprint density at radius 3 is 2.68 bits per heavy atom. The lowest BCUT2D eigenvalue weighted by Crippen LogP contribution is -2.42. The molecule has 5 rings (SSSR count). The molecule has 1 spiro atoms. The van der Waals surface area contributed by atoms with Gasteiger partial charge in [-0.05, 0) is 48.8 Å². The van der Waals surface area contributed by atoms with Crippen LogP contribution in [0.2, 0.25) is 0 Å². The van der Waals surface area contributed by atoms with E-state index in [0.29, 0.717) is 42.4 Å². The van der Waals surface area contributed by atoms with Crippen molar-refractivity contribution in [2.24, 2.45) is 17.2 Å². The van der Waals surface area contributed by atoms with Crippen molar-refractivity contribution >= 4 is 34.4 Å². The molecule has 10 heteroatoms. The maximum atomic E-state index is 13.1. The van der Waals surface area contributed by atoms with Gasteiger partial charge in [0.2, 0.25) is 5.91 Å². The number of likely N-dealkylation sites (tertiary alicyclic amines) is 1. The van der Waals surface area contributed by atoms with Crippen LogP contribution >= 0.6 is 0 Å². The van der Waals surface area contributed by atoms with E-state index in [1.54, 1.807) is 35.5 Å². The van der Waals surface area contributed by atoms with Crippen LogP contribution in [0, 0.1) is 11.3 Å². The topological polar surface area (TPSA) is 135 Å². The monoisotopic (exact) mass is 462 g/mol. The molecule has 1 aliphatic carbocycles. The third-order valence-electron chi connectivity index (χ3n) is 7.09. The van der Waals surface area contributed by atoms with E-state index < -0.39 is 0 Å². The lowest BCUT2D eigenvalue weighted by atomic mass is 9.90. The number of furan rings is 1. The molecule has 2 aliphatic rings. The van der Waals surface area contributed by atoms with E-state index in [9.17, 15) is 14.4 Å². The van der Waals surface area contributed by atoms with E-state index >= 15 is 0 Å². The number of nitrogens with two attached hydrogens (primary N) is 1. The van der Waals surface area contributed by atoms with Crippen LogP contribution in [0.15, 0.2) is 47.4 Å². The quantitative estimate of drug-likeness (QED) is 0.337. The zero-order chi connectivity index (χ0) is 23.9. The molecule has 3 aromatic heterocycles. The summed E-state index contributed by atoms with van der Waals surface area (Å²) >= 11 is 0. The van der Waals surface area contributed by atoms with E-state index in [1.807, 2.05) is 0 Å². The number of nitrogens with one attached hydrogen (secondary N) is 1. The van der Waals surface area contributed by atoms with E-state index in [4.69, 9.17) is 10.3 Å². The lowest BCUT2D eigenvalue weighted by molar-refractivity contribution is -0.116. The number of carbonyl (C=O) groups excluding carboxylic acids is 3. The van der Waals surface area contributed by atoms with Gasteiger partial charge in [-0.2, -0.15) is 0 Å². The van der Waals surface area contributed by atoms with Crippen molar-refractivity contribution in [3.8, 4) is 0 Å². The van der Waals surface area contributed by atoms with Crippen LogP contribution < -0.4 is 16.2 Å². The standard InChI is InChI=1S/C24H26N6O4/c1-15(31)30(25)19-13-26-7-3-18(19)23(33)29-8-4-24(5-9-29)11-17(24)12-28-22(32)20-10-16-2-6-27-14-21(16)34-20/h2-3,6-7,10,13-14,17H,4-5,8-9,11-12,25H2,1H3,(H,28,32). The third-order valence-corrected chi connectivity index (χ3v) is 7.09. The number of nitrogens with zero attached hydrogens (tertiary/aromatic N) is 4. The second-order valence-corrected chi connectivity index (χ2v) is 9.07. The number of rotatable bonds is 5. The van der Waals surface area contributed by atoms with E-state index in [2.05, 4.69) is 15.3 Å². The number of hydrogen-bond acceptors (Lipinski definition) is 7. The molecule has 1 saturated heterocycles. The van der Waals surface area contributed by atoms with Gasteiger partial charge in [-0.15, -0.1) is 0 Å². The molecule has 34 heavy (non-hydrogen) atoms. The summed E-state index contributed by atoms with van der Waals surface area (Å²) in [5.74, 6) is 5.73. The number of amides is 3. The van der Waals surface area contributed by atoms with Crippen molar-refractivity contribution < 1.29 is 18.8 Å². The Balaban J connectivity index is 1.16. The first-order valence-corrected chi connectivity index (χ1v) is 11.3. The number of anilines is 1. The van der Waals surface area contributed by atoms with Crippen molar-refractivity contribution in [1.82, 2.24) is 20.2 Å². The Bertz CT molecular complexity index is 1230. The fourth-order valence-electron chi connectivity index (χ4n) is 4.89. The number of pyridine rings is 2. The molecular formula is C24H26N6O4. The molecule has 0 bridgehead atoms. The highest BCUT2D eigenvalue weighted by Gasteiger charge is 2.54. The molecule has 4 heterocycles. The first-order valence-electron chi connectivity index (χ1n) is 11.3. The molecule has 0 radical (unpaired) electrons. The van der Waals surface area contributed by atoms with Gasteiger partial charge in [0.1, 0.15) is 0 Å². The third kappa shape index (κ3) is 4.01. The van der Waals surface area contributed by atoms with Crippen molar-refractivity contribution in [3.63, 3.8) is 0 Å².